The Morgan fingerprint density at radius 1 is 1.00 bits per heavy atom. The van der Waals surface area contributed by atoms with E-state index >= 15 is 0 Å². The van der Waals surface area contributed by atoms with E-state index in [0.29, 0.717) is 0 Å². The number of H-pyrrole nitrogens is 1. The molecule has 1 aromatic carbocycles. The Bertz CT molecular complexity index is 491. The van der Waals surface area contributed by atoms with Gasteiger partial charge in [0.05, 0.1) is 6.54 Å². The van der Waals surface area contributed by atoms with Crippen LogP contribution >= 0.6 is 0 Å². The fourth-order valence-electron chi connectivity index (χ4n) is 2.19. The molecule has 1 aromatic heterocycles. The van der Waals surface area contributed by atoms with Crippen molar-refractivity contribution in [3.05, 3.63) is 53.6 Å². The Labute approximate surface area is 115 Å². The molecule has 0 unspecified atom stereocenters. The highest BCUT2D eigenvalue weighted by molar-refractivity contribution is 5.27. The summed E-state index contributed by atoms with van der Waals surface area (Å²) in [5.41, 5.74) is 2.77. The number of imidazole rings is 1. The second-order valence-electron chi connectivity index (χ2n) is 5.21. The van der Waals surface area contributed by atoms with E-state index in [9.17, 15) is 0 Å². The second kappa shape index (κ2) is 6.50. The molecular weight excluding hydrogens is 236 g/mol. The Morgan fingerprint density at radius 3 is 2.26 bits per heavy atom. The van der Waals surface area contributed by atoms with Crippen molar-refractivity contribution in [3.63, 3.8) is 0 Å². The largest absolute Gasteiger partial charge is 0.348 e. The fourth-order valence-corrected chi connectivity index (χ4v) is 2.19. The standard InChI is InChI=1S/C15H22N4/c1-18(2)10-13-6-4-5-7-14(13)11-19(3)12-15-16-8-9-17-15/h4-9H,10-12H2,1-3H3,(H,16,17). The molecule has 1 N–H and O–H groups in total. The van der Waals surface area contributed by atoms with Crippen LogP contribution in [0.4, 0.5) is 0 Å². The summed E-state index contributed by atoms with van der Waals surface area (Å²) in [7, 11) is 6.32. The Morgan fingerprint density at radius 2 is 1.68 bits per heavy atom. The van der Waals surface area contributed by atoms with Crippen molar-refractivity contribution >= 4 is 0 Å². The van der Waals surface area contributed by atoms with Gasteiger partial charge in [0, 0.05) is 25.5 Å². The Balaban J connectivity index is 2.01. The lowest BCUT2D eigenvalue weighted by Gasteiger charge is -2.19. The summed E-state index contributed by atoms with van der Waals surface area (Å²) in [6.45, 7) is 2.75. The molecular formula is C15H22N4. The minimum absolute atomic E-state index is 0.837. The van der Waals surface area contributed by atoms with Crippen molar-refractivity contribution in [2.75, 3.05) is 21.1 Å². The smallest absolute Gasteiger partial charge is 0.120 e. The molecule has 0 aliphatic heterocycles. The lowest BCUT2D eigenvalue weighted by Crippen LogP contribution is -2.20. The first kappa shape index (κ1) is 13.8. The van der Waals surface area contributed by atoms with E-state index < -0.39 is 0 Å². The average molecular weight is 258 g/mol. The predicted octanol–water partition coefficient (Wildman–Crippen LogP) is 2.10. The Hall–Kier alpha value is -1.65. The van der Waals surface area contributed by atoms with Crippen molar-refractivity contribution in [3.8, 4) is 0 Å². The van der Waals surface area contributed by atoms with E-state index in [2.05, 4.69) is 65.2 Å². The highest BCUT2D eigenvalue weighted by atomic mass is 15.1. The molecule has 0 aliphatic rings. The van der Waals surface area contributed by atoms with Crippen molar-refractivity contribution in [2.45, 2.75) is 19.6 Å². The first-order chi connectivity index (χ1) is 9.15. The summed E-state index contributed by atoms with van der Waals surface area (Å²) >= 11 is 0. The average Bonchev–Trinajstić information content (AvgIpc) is 2.83. The third-order valence-corrected chi connectivity index (χ3v) is 3.02. The number of rotatable bonds is 6. The minimum atomic E-state index is 0.837. The molecule has 19 heavy (non-hydrogen) atoms. The fraction of sp³-hybridized carbons (Fsp3) is 0.400. The van der Waals surface area contributed by atoms with E-state index in [4.69, 9.17) is 0 Å². The quantitative estimate of drug-likeness (QED) is 0.862. The molecule has 0 saturated carbocycles. The van der Waals surface area contributed by atoms with Crippen LogP contribution in [0.3, 0.4) is 0 Å². The van der Waals surface area contributed by atoms with Crippen LogP contribution in [0.15, 0.2) is 36.7 Å². The summed E-state index contributed by atoms with van der Waals surface area (Å²) in [5, 5.41) is 0. The zero-order valence-corrected chi connectivity index (χ0v) is 11.9. The zero-order valence-electron chi connectivity index (χ0n) is 11.9. The van der Waals surface area contributed by atoms with Crippen molar-refractivity contribution in [2.24, 2.45) is 0 Å². The first-order valence-electron chi connectivity index (χ1n) is 6.53. The van der Waals surface area contributed by atoms with Gasteiger partial charge in [-0.3, -0.25) is 4.90 Å². The van der Waals surface area contributed by atoms with Gasteiger partial charge in [-0.2, -0.15) is 0 Å². The lowest BCUT2D eigenvalue weighted by atomic mass is 10.1. The van der Waals surface area contributed by atoms with Crippen LogP contribution < -0.4 is 0 Å². The van der Waals surface area contributed by atoms with Crippen LogP contribution in [0.2, 0.25) is 0 Å². The summed E-state index contributed by atoms with van der Waals surface area (Å²) in [6, 6.07) is 8.62. The molecule has 0 bridgehead atoms. The molecule has 0 aliphatic carbocycles. The molecule has 0 atom stereocenters. The van der Waals surface area contributed by atoms with Crippen LogP contribution in [0, 0.1) is 0 Å². The number of aromatic amines is 1. The summed E-state index contributed by atoms with van der Waals surface area (Å²) < 4.78 is 0. The lowest BCUT2D eigenvalue weighted by molar-refractivity contribution is 0.308. The van der Waals surface area contributed by atoms with Crippen LogP contribution in [-0.4, -0.2) is 40.9 Å². The maximum Gasteiger partial charge on any atom is 0.120 e. The van der Waals surface area contributed by atoms with Gasteiger partial charge in [-0.1, -0.05) is 24.3 Å². The number of aromatic nitrogens is 2. The summed E-state index contributed by atoms with van der Waals surface area (Å²) in [5.74, 6) is 1.01. The van der Waals surface area contributed by atoms with Gasteiger partial charge in [-0.05, 0) is 32.3 Å². The van der Waals surface area contributed by atoms with Crippen molar-refractivity contribution in [1.82, 2.24) is 19.8 Å². The molecule has 1 heterocycles. The van der Waals surface area contributed by atoms with E-state index in [1.54, 1.807) is 6.20 Å². The van der Waals surface area contributed by atoms with Gasteiger partial charge < -0.3 is 9.88 Å². The minimum Gasteiger partial charge on any atom is -0.348 e. The topological polar surface area (TPSA) is 35.2 Å². The van der Waals surface area contributed by atoms with E-state index in [1.807, 2.05) is 6.20 Å². The number of hydrogen-bond donors (Lipinski definition) is 1. The van der Waals surface area contributed by atoms with Gasteiger partial charge in [0.1, 0.15) is 5.82 Å². The monoisotopic (exact) mass is 258 g/mol. The second-order valence-corrected chi connectivity index (χ2v) is 5.21. The molecule has 2 aromatic rings. The van der Waals surface area contributed by atoms with Gasteiger partial charge in [0.2, 0.25) is 0 Å². The summed E-state index contributed by atoms with van der Waals surface area (Å²) in [4.78, 5) is 11.9. The molecule has 4 heteroatoms. The predicted molar refractivity (Wildman–Crippen MR) is 77.6 cm³/mol. The molecule has 0 saturated heterocycles. The maximum absolute atomic E-state index is 4.26. The molecule has 0 fully saturated rings. The summed E-state index contributed by atoms with van der Waals surface area (Å²) in [6.07, 6.45) is 3.66. The van der Waals surface area contributed by atoms with Gasteiger partial charge >= 0.3 is 0 Å². The SMILES string of the molecule is CN(C)Cc1ccccc1CN(C)Cc1ncc[nH]1. The highest BCUT2D eigenvalue weighted by Crippen LogP contribution is 2.13. The van der Waals surface area contributed by atoms with Crippen molar-refractivity contribution in [1.29, 1.82) is 0 Å². The van der Waals surface area contributed by atoms with E-state index in [1.165, 1.54) is 11.1 Å². The number of benzene rings is 1. The molecule has 2 rings (SSSR count). The number of nitrogens with one attached hydrogen (secondary N) is 1. The van der Waals surface area contributed by atoms with Crippen LogP contribution in [0.5, 0.6) is 0 Å². The van der Waals surface area contributed by atoms with Gasteiger partial charge in [-0.25, -0.2) is 4.98 Å². The van der Waals surface area contributed by atoms with E-state index in [-0.39, 0.29) is 0 Å². The number of hydrogen-bond acceptors (Lipinski definition) is 3. The molecule has 102 valence electrons. The highest BCUT2D eigenvalue weighted by Gasteiger charge is 2.07. The third kappa shape index (κ3) is 4.19. The normalized spacial score (nSPS) is 11.4. The van der Waals surface area contributed by atoms with Crippen LogP contribution in [0.25, 0.3) is 0 Å². The molecule has 0 radical (unpaired) electrons. The Kier molecular flexibility index (Phi) is 4.71. The van der Waals surface area contributed by atoms with Crippen LogP contribution in [0.1, 0.15) is 17.0 Å². The van der Waals surface area contributed by atoms with Crippen molar-refractivity contribution < 1.29 is 0 Å². The van der Waals surface area contributed by atoms with Gasteiger partial charge in [-0.15, -0.1) is 0 Å². The number of nitrogens with zero attached hydrogens (tertiary/aromatic N) is 3. The van der Waals surface area contributed by atoms with Gasteiger partial charge in [0.15, 0.2) is 0 Å². The maximum atomic E-state index is 4.26. The first-order valence-corrected chi connectivity index (χ1v) is 6.53. The molecule has 4 nitrogen and oxygen atoms in total. The molecule has 0 spiro atoms. The zero-order chi connectivity index (χ0) is 13.7. The molecule has 0 amide bonds. The third-order valence-electron chi connectivity index (χ3n) is 3.02. The van der Waals surface area contributed by atoms with E-state index in [0.717, 1.165) is 25.5 Å². The van der Waals surface area contributed by atoms with Crippen LogP contribution in [-0.2, 0) is 19.6 Å². The van der Waals surface area contributed by atoms with Gasteiger partial charge in [0.25, 0.3) is 0 Å².